The number of guanidine groups is 1. The summed E-state index contributed by atoms with van der Waals surface area (Å²) in [6.45, 7) is 5.32. The Morgan fingerprint density at radius 3 is 2.76 bits per heavy atom. The van der Waals surface area contributed by atoms with Crippen LogP contribution in [-0.4, -0.2) is 43.6 Å². The predicted octanol–water partition coefficient (Wildman–Crippen LogP) is 2.53. The summed E-state index contributed by atoms with van der Waals surface area (Å²) in [6.07, 6.45) is 5.36. The fourth-order valence-electron chi connectivity index (χ4n) is 3.81. The first-order chi connectivity index (χ1) is 12.2. The number of methoxy groups -OCH3 is 1. The molecule has 0 aromatic heterocycles. The molecule has 1 heterocycles. The number of aliphatic imine (C=N–C) groups is 1. The lowest BCUT2D eigenvalue weighted by Crippen LogP contribution is -2.46. The third-order valence-electron chi connectivity index (χ3n) is 5.24. The molecular weight excluding hydrogens is 314 g/mol. The summed E-state index contributed by atoms with van der Waals surface area (Å²) in [6, 6.07) is 6.79. The molecule has 3 rings (SSSR count). The summed E-state index contributed by atoms with van der Waals surface area (Å²) < 4.78 is 4.87. The van der Waals surface area contributed by atoms with Crippen LogP contribution in [0.3, 0.4) is 0 Å². The normalized spacial score (nSPS) is 18.2. The van der Waals surface area contributed by atoms with Crippen molar-refractivity contribution in [2.75, 3.05) is 26.7 Å². The highest BCUT2D eigenvalue weighted by molar-refractivity contribution is 5.80. The zero-order chi connectivity index (χ0) is 17.6. The van der Waals surface area contributed by atoms with Crippen LogP contribution in [-0.2, 0) is 28.9 Å². The molecule has 0 radical (unpaired) electrons. The van der Waals surface area contributed by atoms with Gasteiger partial charge >= 0.3 is 5.97 Å². The van der Waals surface area contributed by atoms with Gasteiger partial charge in [-0.25, -0.2) is 4.99 Å². The molecule has 1 fully saturated rings. The van der Waals surface area contributed by atoms with Crippen molar-refractivity contribution in [2.45, 2.75) is 45.6 Å². The first-order valence-electron chi connectivity index (χ1n) is 9.43. The van der Waals surface area contributed by atoms with Crippen molar-refractivity contribution in [1.29, 1.82) is 0 Å². The minimum Gasteiger partial charge on any atom is -0.469 e. The Morgan fingerprint density at radius 1 is 1.28 bits per heavy atom. The maximum absolute atomic E-state index is 11.7. The molecule has 2 aliphatic rings. The molecule has 25 heavy (non-hydrogen) atoms. The Labute approximate surface area is 150 Å². The van der Waals surface area contributed by atoms with Gasteiger partial charge < -0.3 is 15.0 Å². The van der Waals surface area contributed by atoms with E-state index in [0.717, 1.165) is 38.4 Å². The zero-order valence-electron chi connectivity index (χ0n) is 15.4. The Kier molecular flexibility index (Phi) is 5.95. The van der Waals surface area contributed by atoms with Crippen LogP contribution in [0.15, 0.2) is 23.2 Å². The molecule has 5 heteroatoms. The highest BCUT2D eigenvalue weighted by atomic mass is 16.5. The molecule has 1 saturated heterocycles. The molecule has 0 spiro atoms. The van der Waals surface area contributed by atoms with E-state index in [1.165, 1.54) is 43.1 Å². The van der Waals surface area contributed by atoms with E-state index in [1.807, 2.05) is 0 Å². The molecule has 0 saturated carbocycles. The number of likely N-dealkylation sites (tertiary alicyclic amines) is 1. The number of nitrogens with one attached hydrogen (secondary N) is 1. The van der Waals surface area contributed by atoms with Crippen LogP contribution in [0, 0.1) is 5.92 Å². The number of rotatable bonds is 4. The fourth-order valence-corrected chi connectivity index (χ4v) is 3.81. The number of hydrogen-bond acceptors (Lipinski definition) is 3. The van der Waals surface area contributed by atoms with E-state index >= 15 is 0 Å². The molecular formula is C20H29N3O2. The SMILES string of the molecule is CCNC(=NCc1ccc2c(c1)CCC2)N1CCC(C(=O)OC)CC1. The lowest BCUT2D eigenvalue weighted by molar-refractivity contribution is -0.146. The number of nitrogens with zero attached hydrogens (tertiary/aromatic N) is 2. The quantitative estimate of drug-likeness (QED) is 0.518. The summed E-state index contributed by atoms with van der Waals surface area (Å²) in [5.74, 6) is 0.895. The summed E-state index contributed by atoms with van der Waals surface area (Å²) in [5.41, 5.74) is 4.28. The molecule has 1 N–H and O–H groups in total. The molecule has 0 atom stereocenters. The number of aryl methyl sites for hydroxylation is 2. The Bertz CT molecular complexity index is 634. The number of esters is 1. The molecule has 1 aromatic carbocycles. The smallest absolute Gasteiger partial charge is 0.308 e. The summed E-state index contributed by atoms with van der Waals surface area (Å²) in [5, 5.41) is 3.39. The largest absolute Gasteiger partial charge is 0.469 e. The first kappa shape index (κ1) is 17.8. The minimum atomic E-state index is -0.0836. The second-order valence-electron chi connectivity index (χ2n) is 6.91. The first-order valence-corrected chi connectivity index (χ1v) is 9.43. The molecule has 0 amide bonds. The van der Waals surface area contributed by atoms with Gasteiger partial charge in [0.1, 0.15) is 0 Å². The molecule has 5 nitrogen and oxygen atoms in total. The Balaban J connectivity index is 1.63. The van der Waals surface area contributed by atoms with E-state index < -0.39 is 0 Å². The van der Waals surface area contributed by atoms with Gasteiger partial charge in [-0.3, -0.25) is 4.79 Å². The minimum absolute atomic E-state index is 0.0286. The third-order valence-corrected chi connectivity index (χ3v) is 5.24. The average Bonchev–Trinajstić information content (AvgIpc) is 3.12. The van der Waals surface area contributed by atoms with Crippen molar-refractivity contribution >= 4 is 11.9 Å². The van der Waals surface area contributed by atoms with E-state index in [9.17, 15) is 4.79 Å². The van der Waals surface area contributed by atoms with Gasteiger partial charge in [0.15, 0.2) is 5.96 Å². The maximum atomic E-state index is 11.7. The fraction of sp³-hybridized carbons (Fsp3) is 0.600. The molecule has 1 aromatic rings. The zero-order valence-corrected chi connectivity index (χ0v) is 15.4. The highest BCUT2D eigenvalue weighted by Crippen LogP contribution is 2.23. The van der Waals surface area contributed by atoms with Crippen LogP contribution in [0.2, 0.25) is 0 Å². The van der Waals surface area contributed by atoms with Crippen LogP contribution in [0.5, 0.6) is 0 Å². The standard InChI is InChI=1S/C20H29N3O2/c1-3-21-20(23-11-9-17(10-12-23)19(24)25-2)22-14-15-7-8-16-5-4-6-18(16)13-15/h7-8,13,17H,3-6,9-12,14H2,1-2H3,(H,21,22). The van der Waals surface area contributed by atoms with Gasteiger partial charge in [0.05, 0.1) is 19.6 Å². The summed E-state index contributed by atoms with van der Waals surface area (Å²) in [7, 11) is 1.47. The van der Waals surface area contributed by atoms with Gasteiger partial charge in [-0.15, -0.1) is 0 Å². The van der Waals surface area contributed by atoms with Crippen molar-refractivity contribution in [3.8, 4) is 0 Å². The third kappa shape index (κ3) is 4.33. The molecule has 0 bridgehead atoms. The van der Waals surface area contributed by atoms with Gasteiger partial charge in [0.25, 0.3) is 0 Å². The van der Waals surface area contributed by atoms with Gasteiger partial charge in [-0.2, -0.15) is 0 Å². The number of carbonyl (C=O) groups excluding carboxylic acids is 1. The Hall–Kier alpha value is -2.04. The lowest BCUT2D eigenvalue weighted by Gasteiger charge is -2.33. The van der Waals surface area contributed by atoms with Gasteiger partial charge in [-0.05, 0) is 55.7 Å². The van der Waals surface area contributed by atoms with Crippen LogP contribution in [0.1, 0.15) is 42.9 Å². The van der Waals surface area contributed by atoms with Crippen LogP contribution >= 0.6 is 0 Å². The topological polar surface area (TPSA) is 53.9 Å². The van der Waals surface area contributed by atoms with E-state index in [4.69, 9.17) is 9.73 Å². The van der Waals surface area contributed by atoms with E-state index in [1.54, 1.807) is 0 Å². The molecule has 1 aliphatic carbocycles. The van der Waals surface area contributed by atoms with Crippen molar-refractivity contribution < 1.29 is 9.53 Å². The van der Waals surface area contributed by atoms with Gasteiger partial charge in [0.2, 0.25) is 0 Å². The van der Waals surface area contributed by atoms with Crippen molar-refractivity contribution in [3.05, 3.63) is 34.9 Å². The monoisotopic (exact) mass is 343 g/mol. The molecule has 1 aliphatic heterocycles. The maximum Gasteiger partial charge on any atom is 0.308 e. The summed E-state index contributed by atoms with van der Waals surface area (Å²) in [4.78, 5) is 18.8. The lowest BCUT2D eigenvalue weighted by atomic mass is 9.97. The second-order valence-corrected chi connectivity index (χ2v) is 6.91. The van der Waals surface area contributed by atoms with E-state index in [2.05, 4.69) is 35.3 Å². The number of fused-ring (bicyclic) bond motifs is 1. The van der Waals surface area contributed by atoms with Gasteiger partial charge in [0, 0.05) is 19.6 Å². The Morgan fingerprint density at radius 2 is 2.04 bits per heavy atom. The average molecular weight is 343 g/mol. The number of carbonyl (C=O) groups is 1. The summed E-state index contributed by atoms with van der Waals surface area (Å²) >= 11 is 0. The van der Waals surface area contributed by atoms with Crippen LogP contribution in [0.25, 0.3) is 0 Å². The van der Waals surface area contributed by atoms with Crippen molar-refractivity contribution in [3.63, 3.8) is 0 Å². The number of piperidine rings is 1. The molecule has 0 unspecified atom stereocenters. The predicted molar refractivity (Wildman–Crippen MR) is 99.6 cm³/mol. The number of benzene rings is 1. The van der Waals surface area contributed by atoms with Crippen molar-refractivity contribution in [2.24, 2.45) is 10.9 Å². The number of hydrogen-bond donors (Lipinski definition) is 1. The second kappa shape index (κ2) is 8.37. The van der Waals surface area contributed by atoms with Gasteiger partial charge in [-0.1, -0.05) is 18.2 Å². The molecule has 136 valence electrons. The van der Waals surface area contributed by atoms with Crippen molar-refractivity contribution in [1.82, 2.24) is 10.2 Å². The van der Waals surface area contributed by atoms with E-state index in [0.29, 0.717) is 6.54 Å². The van der Waals surface area contributed by atoms with E-state index in [-0.39, 0.29) is 11.9 Å². The van der Waals surface area contributed by atoms with Crippen LogP contribution in [0.4, 0.5) is 0 Å². The van der Waals surface area contributed by atoms with Crippen LogP contribution < -0.4 is 5.32 Å². The number of ether oxygens (including phenoxy) is 1. The highest BCUT2D eigenvalue weighted by Gasteiger charge is 2.26.